The Balaban J connectivity index is 2.08. The first kappa shape index (κ1) is 29.4. The van der Waals surface area contributed by atoms with Crippen LogP contribution in [0.15, 0.2) is 66.7 Å². The van der Waals surface area contributed by atoms with Gasteiger partial charge in [-0.2, -0.15) is 5.26 Å². The van der Waals surface area contributed by atoms with Crippen molar-refractivity contribution in [3.05, 3.63) is 89.0 Å². The largest absolute Gasteiger partial charge is 0.495 e. The fraction of sp³-hybridized carbons (Fsp3) is 0.310. The minimum absolute atomic E-state index is 0.0533. The first-order valence-electron chi connectivity index (χ1n) is 12.1. The van der Waals surface area contributed by atoms with E-state index in [2.05, 4.69) is 6.07 Å². The van der Waals surface area contributed by atoms with Gasteiger partial charge in [-0.25, -0.2) is 10.7 Å². The molecule has 2 N–H and O–H groups in total. The van der Waals surface area contributed by atoms with Crippen LogP contribution in [-0.2, 0) is 23.8 Å². The predicted octanol–water partition coefficient (Wildman–Crippen LogP) is 3.88. The van der Waals surface area contributed by atoms with Crippen LogP contribution in [0.25, 0.3) is 0 Å². The maximum atomic E-state index is 13.7. The number of nitrogens with zero attached hydrogens (tertiary/aromatic N) is 1. The first-order valence-corrected chi connectivity index (χ1v) is 12.1. The fourth-order valence-electron chi connectivity index (χ4n) is 3.86. The van der Waals surface area contributed by atoms with E-state index in [9.17, 15) is 10.1 Å². The van der Waals surface area contributed by atoms with E-state index < -0.39 is 18.2 Å². The lowest BCUT2D eigenvalue weighted by Crippen LogP contribution is -2.25. The van der Waals surface area contributed by atoms with Crippen molar-refractivity contribution in [1.29, 1.82) is 5.26 Å². The van der Waals surface area contributed by atoms with Crippen LogP contribution in [0.1, 0.15) is 34.5 Å². The van der Waals surface area contributed by atoms with E-state index in [1.54, 1.807) is 0 Å². The van der Waals surface area contributed by atoms with Gasteiger partial charge in [0.25, 0.3) is 0 Å². The molecule has 0 heterocycles. The van der Waals surface area contributed by atoms with Gasteiger partial charge in [-0.3, -0.25) is 4.84 Å². The topological polar surface area (TPSA) is 131 Å². The smallest absolute Gasteiger partial charge is 0.343 e. The number of rotatable bonds is 15. The number of carbonyl (C=O) groups is 1. The van der Waals surface area contributed by atoms with Gasteiger partial charge >= 0.3 is 5.97 Å². The molecular formula is C29H32N2O8. The second-order valence-electron chi connectivity index (χ2n) is 8.15. The Bertz CT molecular complexity index is 1190. The number of nitrogens with two attached hydrogens (primary N) is 1. The monoisotopic (exact) mass is 536 g/mol. The van der Waals surface area contributed by atoms with Crippen molar-refractivity contribution in [1.82, 2.24) is 0 Å². The molecule has 3 aromatic carbocycles. The standard InChI is InChI=1S/C29H32N2O8/c1-33-14-16-36-26-22(18-24(35-3)23(19-30)27(26)37-17-15-34-2)28(39-31)29(32)38-25(20-10-6-4-7-11-20)21-12-8-5-9-13-21/h4-13,18,25,28H,14-17,31H2,1-3H3. The quantitative estimate of drug-likeness (QED) is 0.173. The van der Waals surface area contributed by atoms with Gasteiger partial charge in [0.1, 0.15) is 30.6 Å². The molecule has 10 nitrogen and oxygen atoms in total. The second-order valence-corrected chi connectivity index (χ2v) is 8.15. The van der Waals surface area contributed by atoms with Crippen LogP contribution >= 0.6 is 0 Å². The number of nitriles is 1. The Kier molecular flexibility index (Phi) is 11.6. The van der Waals surface area contributed by atoms with Gasteiger partial charge in [0.15, 0.2) is 17.6 Å². The highest BCUT2D eigenvalue weighted by Crippen LogP contribution is 2.44. The summed E-state index contributed by atoms with van der Waals surface area (Å²) in [5.41, 5.74) is 1.73. The molecule has 0 aliphatic heterocycles. The fourth-order valence-corrected chi connectivity index (χ4v) is 3.86. The van der Waals surface area contributed by atoms with Crippen LogP contribution in [0.4, 0.5) is 0 Å². The molecule has 0 saturated heterocycles. The van der Waals surface area contributed by atoms with Gasteiger partial charge in [0.05, 0.1) is 20.3 Å². The van der Waals surface area contributed by atoms with E-state index in [0.29, 0.717) is 0 Å². The summed E-state index contributed by atoms with van der Waals surface area (Å²) in [6.45, 7) is 0.655. The Morgan fingerprint density at radius 1 is 0.846 bits per heavy atom. The molecule has 0 bridgehead atoms. The highest BCUT2D eigenvalue weighted by Gasteiger charge is 2.34. The summed E-state index contributed by atoms with van der Waals surface area (Å²) in [5.74, 6) is 5.14. The molecule has 0 fully saturated rings. The number of hydrogen-bond acceptors (Lipinski definition) is 10. The number of carbonyl (C=O) groups excluding carboxylic acids is 1. The number of hydrogen-bond donors (Lipinski definition) is 1. The molecule has 206 valence electrons. The van der Waals surface area contributed by atoms with Crippen molar-refractivity contribution in [2.75, 3.05) is 47.8 Å². The molecular weight excluding hydrogens is 504 g/mol. The molecule has 3 rings (SSSR count). The van der Waals surface area contributed by atoms with Crippen molar-refractivity contribution in [2.45, 2.75) is 12.2 Å². The van der Waals surface area contributed by atoms with Gasteiger partial charge in [0, 0.05) is 19.8 Å². The number of esters is 1. The predicted molar refractivity (Wildman–Crippen MR) is 141 cm³/mol. The average molecular weight is 537 g/mol. The Hall–Kier alpha value is -4.14. The van der Waals surface area contributed by atoms with Gasteiger partial charge in [-0.05, 0) is 17.2 Å². The van der Waals surface area contributed by atoms with E-state index in [0.717, 1.165) is 11.1 Å². The molecule has 1 unspecified atom stereocenters. The van der Waals surface area contributed by atoms with Gasteiger partial charge in [0.2, 0.25) is 6.10 Å². The summed E-state index contributed by atoms with van der Waals surface area (Å²) in [5, 5.41) is 9.88. The number of benzene rings is 3. The molecule has 0 radical (unpaired) electrons. The van der Waals surface area contributed by atoms with Crippen molar-refractivity contribution < 1.29 is 38.1 Å². The average Bonchev–Trinajstić information content (AvgIpc) is 2.98. The lowest BCUT2D eigenvalue weighted by atomic mass is 10.0. The van der Waals surface area contributed by atoms with Crippen LogP contribution in [0, 0.1) is 11.3 Å². The third-order valence-corrected chi connectivity index (χ3v) is 5.70. The maximum Gasteiger partial charge on any atom is 0.343 e. The zero-order valence-electron chi connectivity index (χ0n) is 22.1. The highest BCUT2D eigenvalue weighted by atomic mass is 16.7. The van der Waals surface area contributed by atoms with Crippen LogP contribution in [0.3, 0.4) is 0 Å². The molecule has 0 spiro atoms. The van der Waals surface area contributed by atoms with Crippen molar-refractivity contribution >= 4 is 5.97 Å². The van der Waals surface area contributed by atoms with E-state index in [-0.39, 0.29) is 54.8 Å². The Labute approximate surface area is 227 Å². The summed E-state index contributed by atoms with van der Waals surface area (Å²) >= 11 is 0. The number of ether oxygens (including phenoxy) is 6. The zero-order valence-corrected chi connectivity index (χ0v) is 22.1. The molecule has 10 heteroatoms. The van der Waals surface area contributed by atoms with Crippen LogP contribution in [0.5, 0.6) is 17.2 Å². The van der Waals surface area contributed by atoms with E-state index in [4.69, 9.17) is 39.2 Å². The third kappa shape index (κ3) is 7.46. The first-order chi connectivity index (χ1) is 19.1. The van der Waals surface area contributed by atoms with Gasteiger partial charge in [-0.1, -0.05) is 60.7 Å². The summed E-state index contributed by atoms with van der Waals surface area (Å²) in [6.07, 6.45) is -2.20. The van der Waals surface area contributed by atoms with E-state index >= 15 is 0 Å². The lowest BCUT2D eigenvalue weighted by molar-refractivity contribution is -0.162. The minimum Gasteiger partial charge on any atom is -0.495 e. The van der Waals surface area contributed by atoms with Crippen LogP contribution < -0.4 is 20.1 Å². The Morgan fingerprint density at radius 2 is 1.38 bits per heavy atom. The molecule has 0 amide bonds. The second kappa shape index (κ2) is 15.3. The number of methoxy groups -OCH3 is 3. The zero-order chi connectivity index (χ0) is 28.0. The van der Waals surface area contributed by atoms with Crippen LogP contribution in [-0.4, -0.2) is 53.7 Å². The molecule has 3 aromatic rings. The molecule has 39 heavy (non-hydrogen) atoms. The molecule has 0 saturated carbocycles. The normalized spacial score (nSPS) is 11.5. The summed E-state index contributed by atoms with van der Waals surface area (Å²) in [7, 11) is 4.43. The molecule has 0 aliphatic rings. The van der Waals surface area contributed by atoms with Gasteiger partial charge in [-0.15, -0.1) is 0 Å². The molecule has 1 atom stereocenters. The van der Waals surface area contributed by atoms with Crippen molar-refractivity contribution in [2.24, 2.45) is 5.90 Å². The summed E-state index contributed by atoms with van der Waals surface area (Å²) in [6, 6.07) is 22.1. The van der Waals surface area contributed by atoms with E-state index in [1.807, 2.05) is 60.7 Å². The van der Waals surface area contributed by atoms with Crippen molar-refractivity contribution in [3.63, 3.8) is 0 Å². The molecule has 0 aliphatic carbocycles. The maximum absolute atomic E-state index is 13.7. The van der Waals surface area contributed by atoms with Crippen LogP contribution in [0.2, 0.25) is 0 Å². The molecule has 0 aromatic heterocycles. The lowest BCUT2D eigenvalue weighted by Gasteiger charge is -2.25. The highest BCUT2D eigenvalue weighted by molar-refractivity contribution is 5.80. The summed E-state index contributed by atoms with van der Waals surface area (Å²) in [4.78, 5) is 18.8. The SMILES string of the molecule is COCCOc1c(C(ON)C(=O)OC(c2ccccc2)c2ccccc2)cc(OC)c(C#N)c1OCCOC. The van der Waals surface area contributed by atoms with Crippen molar-refractivity contribution in [3.8, 4) is 23.3 Å². The third-order valence-electron chi connectivity index (χ3n) is 5.70. The van der Waals surface area contributed by atoms with Gasteiger partial charge < -0.3 is 28.4 Å². The summed E-state index contributed by atoms with van der Waals surface area (Å²) < 4.78 is 33.4. The van der Waals surface area contributed by atoms with E-state index in [1.165, 1.54) is 27.4 Å². The minimum atomic E-state index is -1.45. The Morgan fingerprint density at radius 3 is 1.85 bits per heavy atom.